The lowest BCUT2D eigenvalue weighted by Gasteiger charge is -2.12. The second-order valence-electron chi connectivity index (χ2n) is 2.71. The van der Waals surface area contributed by atoms with Gasteiger partial charge in [-0.05, 0) is 19.4 Å². The van der Waals surface area contributed by atoms with Gasteiger partial charge < -0.3 is 10.4 Å². The summed E-state index contributed by atoms with van der Waals surface area (Å²) in [6.45, 7) is 1.89. The van der Waals surface area contributed by atoms with E-state index in [0.29, 0.717) is 0 Å². The van der Waals surface area contributed by atoms with Crippen molar-refractivity contribution in [2.75, 3.05) is 13.1 Å². The molecule has 0 amide bonds. The highest BCUT2D eigenvalue weighted by Gasteiger charge is 2.04. The molecule has 2 N–H and O–H groups in total. The van der Waals surface area contributed by atoms with E-state index in [9.17, 15) is 4.79 Å². The summed E-state index contributed by atoms with van der Waals surface area (Å²) in [6.07, 6.45) is 4.09. The largest absolute Gasteiger partial charge is 0.481 e. The fraction of sp³-hybridized carbons (Fsp3) is 0.625. The molecule has 0 aromatic carbocycles. The molecule has 0 atom stereocenters. The van der Waals surface area contributed by atoms with Gasteiger partial charge in [0.25, 0.3) is 0 Å². The molecule has 0 saturated carbocycles. The number of carbonyl (C=O) groups is 1. The van der Waals surface area contributed by atoms with Gasteiger partial charge in [-0.15, -0.1) is 0 Å². The fourth-order valence-corrected chi connectivity index (χ4v) is 1.16. The molecular formula is C8H13NO2. The van der Waals surface area contributed by atoms with E-state index >= 15 is 0 Å². The molecule has 0 saturated heterocycles. The Hall–Kier alpha value is -0.830. The van der Waals surface area contributed by atoms with Gasteiger partial charge in [0.2, 0.25) is 0 Å². The number of carboxylic acids is 1. The molecule has 1 aliphatic rings. The SMILES string of the molecule is O=C(O)CCC1=CCNCC1. The Bertz CT molecular complexity index is 175. The Kier molecular flexibility index (Phi) is 3.11. The number of rotatable bonds is 3. The fourth-order valence-electron chi connectivity index (χ4n) is 1.16. The third-order valence-electron chi connectivity index (χ3n) is 1.82. The van der Waals surface area contributed by atoms with Gasteiger partial charge in [-0.2, -0.15) is 0 Å². The second kappa shape index (κ2) is 4.13. The highest BCUT2D eigenvalue weighted by Crippen LogP contribution is 2.10. The average molecular weight is 155 g/mol. The molecule has 62 valence electrons. The zero-order chi connectivity index (χ0) is 8.10. The van der Waals surface area contributed by atoms with Crippen LogP contribution in [0.3, 0.4) is 0 Å². The van der Waals surface area contributed by atoms with Crippen LogP contribution in [0.25, 0.3) is 0 Å². The summed E-state index contributed by atoms with van der Waals surface area (Å²) in [5.41, 5.74) is 1.28. The number of nitrogens with one attached hydrogen (secondary N) is 1. The van der Waals surface area contributed by atoms with Crippen molar-refractivity contribution < 1.29 is 9.90 Å². The maximum Gasteiger partial charge on any atom is 0.303 e. The van der Waals surface area contributed by atoms with E-state index in [4.69, 9.17) is 5.11 Å². The van der Waals surface area contributed by atoms with Crippen LogP contribution >= 0.6 is 0 Å². The molecule has 1 heterocycles. The highest BCUT2D eigenvalue weighted by molar-refractivity contribution is 5.67. The van der Waals surface area contributed by atoms with E-state index in [1.165, 1.54) is 5.57 Å². The lowest BCUT2D eigenvalue weighted by atomic mass is 10.0. The van der Waals surface area contributed by atoms with Crippen LogP contribution < -0.4 is 5.32 Å². The smallest absolute Gasteiger partial charge is 0.303 e. The first-order valence-electron chi connectivity index (χ1n) is 3.89. The summed E-state index contributed by atoms with van der Waals surface area (Å²) in [4.78, 5) is 10.2. The van der Waals surface area contributed by atoms with Gasteiger partial charge in [0.1, 0.15) is 0 Å². The molecule has 11 heavy (non-hydrogen) atoms. The average Bonchev–Trinajstić information content (AvgIpc) is 2.03. The van der Waals surface area contributed by atoms with Crippen molar-refractivity contribution in [2.24, 2.45) is 0 Å². The summed E-state index contributed by atoms with van der Waals surface area (Å²) in [7, 11) is 0. The van der Waals surface area contributed by atoms with Crippen LogP contribution in [-0.4, -0.2) is 24.2 Å². The van der Waals surface area contributed by atoms with Crippen LogP contribution in [0, 0.1) is 0 Å². The molecule has 3 heteroatoms. The van der Waals surface area contributed by atoms with Crippen molar-refractivity contribution in [1.29, 1.82) is 0 Å². The van der Waals surface area contributed by atoms with Crippen molar-refractivity contribution in [3.8, 4) is 0 Å². The van der Waals surface area contributed by atoms with Crippen LogP contribution in [-0.2, 0) is 4.79 Å². The number of aliphatic carboxylic acids is 1. The molecule has 1 rings (SSSR count). The Morgan fingerprint density at radius 3 is 3.09 bits per heavy atom. The maximum absolute atomic E-state index is 10.2. The lowest BCUT2D eigenvalue weighted by Crippen LogP contribution is -2.20. The minimum atomic E-state index is -0.704. The number of hydrogen-bond acceptors (Lipinski definition) is 2. The third kappa shape index (κ3) is 3.18. The first-order chi connectivity index (χ1) is 5.29. The molecule has 0 aromatic rings. The Balaban J connectivity index is 2.24. The predicted octanol–water partition coefficient (Wildman–Crippen LogP) is 0.771. The Labute approximate surface area is 66.1 Å². The van der Waals surface area contributed by atoms with E-state index in [2.05, 4.69) is 11.4 Å². The van der Waals surface area contributed by atoms with Gasteiger partial charge in [0, 0.05) is 13.0 Å². The number of carboxylic acid groups (broad SMARTS) is 1. The highest BCUT2D eigenvalue weighted by atomic mass is 16.4. The summed E-state index contributed by atoms with van der Waals surface area (Å²) >= 11 is 0. The minimum Gasteiger partial charge on any atom is -0.481 e. The van der Waals surface area contributed by atoms with Crippen LogP contribution in [0.15, 0.2) is 11.6 Å². The molecule has 0 fully saturated rings. The molecule has 0 aliphatic carbocycles. The summed E-state index contributed by atoms with van der Waals surface area (Å²) in [5.74, 6) is -0.704. The van der Waals surface area contributed by atoms with Crippen molar-refractivity contribution >= 4 is 5.97 Å². The Morgan fingerprint density at radius 1 is 1.73 bits per heavy atom. The summed E-state index contributed by atoms with van der Waals surface area (Å²) < 4.78 is 0. The Morgan fingerprint density at radius 2 is 2.55 bits per heavy atom. The van der Waals surface area contributed by atoms with E-state index in [1.54, 1.807) is 0 Å². The van der Waals surface area contributed by atoms with E-state index in [-0.39, 0.29) is 6.42 Å². The van der Waals surface area contributed by atoms with Gasteiger partial charge in [-0.3, -0.25) is 4.79 Å². The standard InChI is InChI=1S/C8H13NO2/c10-8(11)2-1-7-3-5-9-6-4-7/h3,9H,1-2,4-6H2,(H,10,11). The van der Waals surface area contributed by atoms with Crippen molar-refractivity contribution in [3.05, 3.63) is 11.6 Å². The van der Waals surface area contributed by atoms with Gasteiger partial charge >= 0.3 is 5.97 Å². The first kappa shape index (κ1) is 8.27. The molecular weight excluding hydrogens is 142 g/mol. The molecule has 0 spiro atoms. The van der Waals surface area contributed by atoms with Gasteiger partial charge in [0.15, 0.2) is 0 Å². The molecule has 1 aliphatic heterocycles. The van der Waals surface area contributed by atoms with Crippen LogP contribution in [0.1, 0.15) is 19.3 Å². The molecule has 0 bridgehead atoms. The molecule has 0 unspecified atom stereocenters. The first-order valence-corrected chi connectivity index (χ1v) is 3.89. The maximum atomic E-state index is 10.2. The van der Waals surface area contributed by atoms with Crippen LogP contribution in [0.4, 0.5) is 0 Å². The normalized spacial score (nSPS) is 17.6. The van der Waals surface area contributed by atoms with Crippen molar-refractivity contribution in [3.63, 3.8) is 0 Å². The summed E-state index contributed by atoms with van der Waals surface area (Å²) in [6, 6.07) is 0. The van der Waals surface area contributed by atoms with E-state index in [0.717, 1.165) is 25.9 Å². The van der Waals surface area contributed by atoms with Gasteiger partial charge in [-0.25, -0.2) is 0 Å². The molecule has 0 aromatic heterocycles. The third-order valence-corrected chi connectivity index (χ3v) is 1.82. The van der Waals surface area contributed by atoms with E-state index < -0.39 is 5.97 Å². The molecule has 3 nitrogen and oxygen atoms in total. The van der Waals surface area contributed by atoms with E-state index in [1.807, 2.05) is 0 Å². The van der Waals surface area contributed by atoms with Crippen molar-refractivity contribution in [2.45, 2.75) is 19.3 Å². The zero-order valence-corrected chi connectivity index (χ0v) is 6.47. The molecule has 0 radical (unpaired) electrons. The van der Waals surface area contributed by atoms with Crippen LogP contribution in [0.5, 0.6) is 0 Å². The predicted molar refractivity (Wildman–Crippen MR) is 42.4 cm³/mol. The van der Waals surface area contributed by atoms with Crippen molar-refractivity contribution in [1.82, 2.24) is 5.32 Å². The zero-order valence-electron chi connectivity index (χ0n) is 6.47. The van der Waals surface area contributed by atoms with Gasteiger partial charge in [-0.1, -0.05) is 11.6 Å². The monoisotopic (exact) mass is 155 g/mol. The lowest BCUT2D eigenvalue weighted by molar-refractivity contribution is -0.136. The second-order valence-corrected chi connectivity index (χ2v) is 2.71. The van der Waals surface area contributed by atoms with Gasteiger partial charge in [0.05, 0.1) is 0 Å². The minimum absolute atomic E-state index is 0.270. The quantitative estimate of drug-likeness (QED) is 0.592. The number of hydrogen-bond donors (Lipinski definition) is 2. The topological polar surface area (TPSA) is 49.3 Å². The summed E-state index contributed by atoms with van der Waals surface area (Å²) in [5, 5.41) is 11.6. The van der Waals surface area contributed by atoms with Crippen LogP contribution in [0.2, 0.25) is 0 Å².